The van der Waals surface area contributed by atoms with E-state index >= 15 is 0 Å². The summed E-state index contributed by atoms with van der Waals surface area (Å²) in [6, 6.07) is 3.94. The van der Waals surface area contributed by atoms with Gasteiger partial charge in [0.15, 0.2) is 0 Å². The van der Waals surface area contributed by atoms with Crippen LogP contribution in [0.25, 0.3) is 0 Å². The number of anilines is 1. The molecule has 0 amide bonds. The molecule has 4 heteroatoms. The van der Waals surface area contributed by atoms with E-state index in [2.05, 4.69) is 9.88 Å². The monoisotopic (exact) mass is 249 g/mol. The van der Waals surface area contributed by atoms with Crippen LogP contribution in [-0.4, -0.2) is 43.2 Å². The molecule has 0 aromatic carbocycles. The Labute approximate surface area is 109 Å². The van der Waals surface area contributed by atoms with E-state index in [1.807, 2.05) is 12.1 Å². The second-order valence-corrected chi connectivity index (χ2v) is 5.10. The second kappa shape index (κ2) is 6.71. The molecule has 2 heterocycles. The molecule has 0 aliphatic carbocycles. The van der Waals surface area contributed by atoms with Gasteiger partial charge in [-0.3, -0.25) is 4.98 Å². The predicted octanol–water partition coefficient (Wildman–Crippen LogP) is 1.56. The number of pyridine rings is 1. The molecule has 1 fully saturated rings. The van der Waals surface area contributed by atoms with Gasteiger partial charge in [0, 0.05) is 32.3 Å². The van der Waals surface area contributed by atoms with Crippen molar-refractivity contribution in [3.05, 3.63) is 24.0 Å². The molecule has 1 unspecified atom stereocenters. The van der Waals surface area contributed by atoms with Crippen molar-refractivity contribution in [2.45, 2.75) is 19.3 Å². The molecule has 100 valence electrons. The lowest BCUT2D eigenvalue weighted by molar-refractivity contribution is 0.0911. The highest BCUT2D eigenvalue weighted by atomic mass is 16.5. The van der Waals surface area contributed by atoms with Crippen LogP contribution in [0.4, 0.5) is 5.69 Å². The van der Waals surface area contributed by atoms with E-state index in [-0.39, 0.29) is 0 Å². The van der Waals surface area contributed by atoms with Crippen LogP contribution in [0, 0.1) is 5.92 Å². The van der Waals surface area contributed by atoms with E-state index in [4.69, 9.17) is 10.5 Å². The zero-order valence-corrected chi connectivity index (χ0v) is 11.1. The van der Waals surface area contributed by atoms with Gasteiger partial charge in [-0.05, 0) is 37.4 Å². The van der Waals surface area contributed by atoms with Crippen LogP contribution in [-0.2, 0) is 11.2 Å². The molecular weight excluding hydrogens is 226 g/mol. The molecule has 1 aliphatic rings. The molecule has 2 N–H and O–H groups in total. The van der Waals surface area contributed by atoms with Crippen molar-refractivity contribution in [2.75, 3.05) is 39.1 Å². The first kappa shape index (κ1) is 13.3. The van der Waals surface area contributed by atoms with Gasteiger partial charge in [0.1, 0.15) is 0 Å². The maximum atomic E-state index is 5.63. The number of ether oxygens (including phenoxy) is 1. The fourth-order valence-corrected chi connectivity index (χ4v) is 2.58. The molecule has 4 nitrogen and oxygen atoms in total. The minimum absolute atomic E-state index is 0.697. The summed E-state index contributed by atoms with van der Waals surface area (Å²) in [5.74, 6) is 0.697. The molecule has 0 radical (unpaired) electrons. The van der Waals surface area contributed by atoms with Gasteiger partial charge in [0.05, 0.1) is 18.5 Å². The highest BCUT2D eigenvalue weighted by molar-refractivity contribution is 5.34. The van der Waals surface area contributed by atoms with E-state index in [9.17, 15) is 0 Å². The Morgan fingerprint density at radius 3 is 3.11 bits per heavy atom. The third kappa shape index (κ3) is 3.96. The summed E-state index contributed by atoms with van der Waals surface area (Å²) >= 11 is 0. The van der Waals surface area contributed by atoms with Crippen LogP contribution < -0.4 is 5.73 Å². The topological polar surface area (TPSA) is 51.4 Å². The lowest BCUT2D eigenvalue weighted by atomic mass is 9.99. The molecule has 18 heavy (non-hydrogen) atoms. The van der Waals surface area contributed by atoms with Gasteiger partial charge in [-0.1, -0.05) is 0 Å². The molecule has 0 bridgehead atoms. The highest BCUT2D eigenvalue weighted by Gasteiger charge is 2.19. The summed E-state index contributed by atoms with van der Waals surface area (Å²) in [5.41, 5.74) is 7.49. The largest absolute Gasteiger partial charge is 0.397 e. The Hall–Kier alpha value is -1.13. The van der Waals surface area contributed by atoms with E-state index in [0.29, 0.717) is 5.92 Å². The van der Waals surface area contributed by atoms with Crippen molar-refractivity contribution in [1.29, 1.82) is 0 Å². The number of nitrogen functional groups attached to an aromatic ring is 1. The van der Waals surface area contributed by atoms with E-state index in [0.717, 1.165) is 37.5 Å². The van der Waals surface area contributed by atoms with Crippen LogP contribution in [0.2, 0.25) is 0 Å². The maximum absolute atomic E-state index is 5.63. The highest BCUT2D eigenvalue weighted by Crippen LogP contribution is 2.16. The maximum Gasteiger partial charge on any atom is 0.0502 e. The van der Waals surface area contributed by atoms with Crippen LogP contribution in [0.1, 0.15) is 18.5 Å². The van der Waals surface area contributed by atoms with Gasteiger partial charge in [0.25, 0.3) is 0 Å². The Balaban J connectivity index is 1.77. The summed E-state index contributed by atoms with van der Waals surface area (Å²) in [4.78, 5) is 6.86. The smallest absolute Gasteiger partial charge is 0.0502 e. The number of nitrogens with zero attached hydrogens (tertiary/aromatic N) is 2. The third-order valence-corrected chi connectivity index (χ3v) is 3.54. The molecule has 0 spiro atoms. The first-order valence-corrected chi connectivity index (χ1v) is 6.69. The summed E-state index contributed by atoms with van der Waals surface area (Å²) in [6.07, 6.45) is 5.31. The van der Waals surface area contributed by atoms with Gasteiger partial charge in [-0.25, -0.2) is 0 Å². The fourth-order valence-electron chi connectivity index (χ4n) is 2.58. The normalized spacial score (nSPS) is 21.1. The number of aromatic nitrogens is 1. The zero-order valence-electron chi connectivity index (χ0n) is 11.1. The molecule has 2 rings (SSSR count). The van der Waals surface area contributed by atoms with Crippen molar-refractivity contribution in [2.24, 2.45) is 5.92 Å². The number of rotatable bonds is 5. The molecular formula is C14H23N3O. The van der Waals surface area contributed by atoms with Gasteiger partial charge in [-0.15, -0.1) is 0 Å². The number of likely N-dealkylation sites (tertiary alicyclic amines) is 1. The van der Waals surface area contributed by atoms with Crippen LogP contribution in [0.5, 0.6) is 0 Å². The van der Waals surface area contributed by atoms with Crippen molar-refractivity contribution >= 4 is 5.69 Å². The number of hydrogen-bond donors (Lipinski definition) is 1. The molecule has 1 atom stereocenters. The second-order valence-electron chi connectivity index (χ2n) is 5.10. The van der Waals surface area contributed by atoms with Gasteiger partial charge in [-0.2, -0.15) is 0 Å². The van der Waals surface area contributed by atoms with Crippen LogP contribution in [0.3, 0.4) is 0 Å². The van der Waals surface area contributed by atoms with Gasteiger partial charge in [0.2, 0.25) is 0 Å². The average Bonchev–Trinajstić information content (AvgIpc) is 2.39. The molecule has 1 aliphatic heterocycles. The van der Waals surface area contributed by atoms with E-state index < -0.39 is 0 Å². The van der Waals surface area contributed by atoms with Crippen molar-refractivity contribution in [3.63, 3.8) is 0 Å². The minimum atomic E-state index is 0.697. The SMILES string of the molecule is COCC1CCCN(CCc2ccc(N)cn2)C1. The third-order valence-electron chi connectivity index (χ3n) is 3.54. The molecule has 1 saturated heterocycles. The standard InChI is InChI=1S/C14H23N3O/c1-18-11-12-3-2-7-17(10-12)8-6-14-5-4-13(15)9-16-14/h4-5,9,12H,2-3,6-8,10-11,15H2,1H3. The summed E-state index contributed by atoms with van der Waals surface area (Å²) in [5, 5.41) is 0. The number of nitrogens with two attached hydrogens (primary N) is 1. The molecule has 0 saturated carbocycles. The number of hydrogen-bond acceptors (Lipinski definition) is 4. The summed E-state index contributed by atoms with van der Waals surface area (Å²) < 4.78 is 5.25. The van der Waals surface area contributed by atoms with Gasteiger partial charge >= 0.3 is 0 Å². The summed E-state index contributed by atoms with van der Waals surface area (Å²) in [7, 11) is 1.79. The lowest BCUT2D eigenvalue weighted by Gasteiger charge is -2.32. The first-order chi connectivity index (χ1) is 8.78. The molecule has 1 aromatic rings. The van der Waals surface area contributed by atoms with Crippen LogP contribution in [0.15, 0.2) is 18.3 Å². The zero-order chi connectivity index (χ0) is 12.8. The Morgan fingerprint density at radius 2 is 2.39 bits per heavy atom. The minimum Gasteiger partial charge on any atom is -0.397 e. The number of piperidine rings is 1. The predicted molar refractivity (Wildman–Crippen MR) is 73.4 cm³/mol. The van der Waals surface area contributed by atoms with E-state index in [1.54, 1.807) is 13.3 Å². The number of methoxy groups -OCH3 is 1. The van der Waals surface area contributed by atoms with Crippen molar-refractivity contribution in [1.82, 2.24) is 9.88 Å². The van der Waals surface area contributed by atoms with Crippen molar-refractivity contribution in [3.8, 4) is 0 Å². The van der Waals surface area contributed by atoms with Crippen LogP contribution >= 0.6 is 0 Å². The van der Waals surface area contributed by atoms with Crippen molar-refractivity contribution < 1.29 is 4.74 Å². The fraction of sp³-hybridized carbons (Fsp3) is 0.643. The Kier molecular flexibility index (Phi) is 4.96. The molecule has 1 aromatic heterocycles. The Morgan fingerprint density at radius 1 is 1.50 bits per heavy atom. The lowest BCUT2D eigenvalue weighted by Crippen LogP contribution is -2.38. The van der Waals surface area contributed by atoms with Gasteiger partial charge < -0.3 is 15.4 Å². The van der Waals surface area contributed by atoms with E-state index in [1.165, 1.54) is 19.4 Å². The average molecular weight is 249 g/mol. The summed E-state index contributed by atoms with van der Waals surface area (Å²) in [6.45, 7) is 4.33. The first-order valence-electron chi connectivity index (χ1n) is 6.69. The Bertz CT molecular complexity index is 351. The quantitative estimate of drug-likeness (QED) is 0.860.